The second-order valence-corrected chi connectivity index (χ2v) is 5.27. The molecule has 90 valence electrons. The zero-order valence-corrected chi connectivity index (χ0v) is 12.5. The molecule has 2 rings (SSSR count). The molecule has 0 fully saturated rings. The summed E-state index contributed by atoms with van der Waals surface area (Å²) in [6, 6.07) is 6.47. The minimum Gasteiger partial charge on any atom is -0.444 e. The predicted octanol–water partition coefficient (Wildman–Crippen LogP) is 4.71. The van der Waals surface area contributed by atoms with Crippen molar-refractivity contribution >= 4 is 22.6 Å². The zero-order valence-electron chi connectivity index (χ0n) is 10.3. The Balaban J connectivity index is 2.39. The highest BCUT2D eigenvalue weighted by Crippen LogP contribution is 2.26. The standard InChI is InChI=1S/C14H16INO/c1-9(2)11-4-5-13(10(3)6-11)14-16-12(7-15)8-17-14/h4-6,8-9H,7H2,1-3H3. The van der Waals surface area contributed by atoms with E-state index in [1.54, 1.807) is 6.26 Å². The smallest absolute Gasteiger partial charge is 0.226 e. The van der Waals surface area contributed by atoms with Crippen LogP contribution in [0.5, 0.6) is 0 Å². The Kier molecular flexibility index (Phi) is 3.86. The third-order valence-electron chi connectivity index (χ3n) is 2.84. The van der Waals surface area contributed by atoms with Crippen LogP contribution in [0.3, 0.4) is 0 Å². The van der Waals surface area contributed by atoms with E-state index in [2.05, 4.69) is 66.5 Å². The fraction of sp³-hybridized carbons (Fsp3) is 0.357. The third kappa shape index (κ3) is 2.70. The topological polar surface area (TPSA) is 26.0 Å². The van der Waals surface area contributed by atoms with Crippen LogP contribution in [0, 0.1) is 6.92 Å². The number of aryl methyl sites for hydroxylation is 1. The van der Waals surface area contributed by atoms with Crippen LogP contribution in [0.1, 0.15) is 36.6 Å². The summed E-state index contributed by atoms with van der Waals surface area (Å²) in [5.74, 6) is 1.28. The maximum Gasteiger partial charge on any atom is 0.226 e. The first kappa shape index (κ1) is 12.6. The number of nitrogens with zero attached hydrogens (tertiary/aromatic N) is 1. The maximum atomic E-state index is 5.51. The van der Waals surface area contributed by atoms with Crippen LogP contribution >= 0.6 is 22.6 Å². The van der Waals surface area contributed by atoms with Gasteiger partial charge in [0.1, 0.15) is 6.26 Å². The molecule has 1 aromatic carbocycles. The van der Waals surface area contributed by atoms with Gasteiger partial charge in [-0.15, -0.1) is 0 Å². The summed E-state index contributed by atoms with van der Waals surface area (Å²) in [6.07, 6.45) is 1.73. The van der Waals surface area contributed by atoms with E-state index in [0.29, 0.717) is 5.92 Å². The molecule has 17 heavy (non-hydrogen) atoms. The molecule has 0 radical (unpaired) electrons. The third-order valence-corrected chi connectivity index (χ3v) is 3.62. The number of halogens is 1. The van der Waals surface area contributed by atoms with E-state index >= 15 is 0 Å². The summed E-state index contributed by atoms with van der Waals surface area (Å²) in [4.78, 5) is 4.46. The molecule has 0 saturated carbocycles. The lowest BCUT2D eigenvalue weighted by Gasteiger charge is -2.08. The number of hydrogen-bond donors (Lipinski definition) is 0. The van der Waals surface area contributed by atoms with Crippen LogP contribution in [0.2, 0.25) is 0 Å². The fourth-order valence-corrected chi connectivity index (χ4v) is 2.13. The van der Waals surface area contributed by atoms with Gasteiger partial charge in [-0.1, -0.05) is 48.6 Å². The van der Waals surface area contributed by atoms with Gasteiger partial charge in [0.05, 0.1) is 5.69 Å². The molecule has 3 heteroatoms. The maximum absolute atomic E-state index is 5.51. The molecular weight excluding hydrogens is 325 g/mol. The molecule has 1 heterocycles. The van der Waals surface area contributed by atoms with Crippen molar-refractivity contribution in [3.63, 3.8) is 0 Å². The van der Waals surface area contributed by atoms with Crippen LogP contribution in [0.15, 0.2) is 28.9 Å². The molecule has 0 aliphatic rings. The first-order valence-corrected chi connectivity index (χ1v) is 7.25. The monoisotopic (exact) mass is 341 g/mol. The Hall–Kier alpha value is -0.840. The van der Waals surface area contributed by atoms with E-state index < -0.39 is 0 Å². The number of hydrogen-bond acceptors (Lipinski definition) is 2. The summed E-state index contributed by atoms with van der Waals surface area (Å²) in [6.45, 7) is 6.51. The van der Waals surface area contributed by atoms with Gasteiger partial charge in [0, 0.05) is 9.99 Å². The first-order valence-electron chi connectivity index (χ1n) is 5.73. The molecule has 1 aromatic heterocycles. The Labute approximate surface area is 116 Å². The molecule has 0 aliphatic heterocycles. The second-order valence-electron chi connectivity index (χ2n) is 4.51. The van der Waals surface area contributed by atoms with Crippen LogP contribution in [0.25, 0.3) is 11.5 Å². The minimum absolute atomic E-state index is 0.553. The first-order chi connectivity index (χ1) is 8.11. The minimum atomic E-state index is 0.553. The molecule has 0 bridgehead atoms. The summed E-state index contributed by atoms with van der Waals surface area (Å²) in [5, 5.41) is 0. The molecule has 0 aliphatic carbocycles. The lowest BCUT2D eigenvalue weighted by Crippen LogP contribution is -1.91. The van der Waals surface area contributed by atoms with E-state index in [0.717, 1.165) is 21.6 Å². The Morgan fingerprint density at radius 3 is 2.65 bits per heavy atom. The SMILES string of the molecule is Cc1cc(C(C)C)ccc1-c1nc(CI)co1. The highest BCUT2D eigenvalue weighted by Gasteiger charge is 2.10. The summed E-state index contributed by atoms with van der Waals surface area (Å²) >= 11 is 2.29. The van der Waals surface area contributed by atoms with Crippen molar-refractivity contribution in [2.45, 2.75) is 31.1 Å². The van der Waals surface area contributed by atoms with E-state index in [1.165, 1.54) is 11.1 Å². The van der Waals surface area contributed by atoms with Gasteiger partial charge in [0.15, 0.2) is 0 Å². The van der Waals surface area contributed by atoms with Gasteiger partial charge < -0.3 is 4.42 Å². The van der Waals surface area contributed by atoms with Crippen molar-refractivity contribution in [1.82, 2.24) is 4.98 Å². The number of aromatic nitrogens is 1. The van der Waals surface area contributed by atoms with E-state index in [9.17, 15) is 0 Å². The highest BCUT2D eigenvalue weighted by molar-refractivity contribution is 14.1. The quantitative estimate of drug-likeness (QED) is 0.597. The molecule has 0 N–H and O–H groups in total. The molecule has 0 spiro atoms. The molecule has 2 nitrogen and oxygen atoms in total. The number of oxazole rings is 1. The van der Waals surface area contributed by atoms with Crippen molar-refractivity contribution in [3.8, 4) is 11.5 Å². The van der Waals surface area contributed by atoms with Crippen molar-refractivity contribution in [1.29, 1.82) is 0 Å². The Bertz CT molecular complexity index is 517. The number of benzene rings is 1. The second kappa shape index (κ2) is 5.21. The predicted molar refractivity (Wildman–Crippen MR) is 78.5 cm³/mol. The van der Waals surface area contributed by atoms with E-state index in [1.807, 2.05) is 0 Å². The lowest BCUT2D eigenvalue weighted by atomic mass is 9.98. The molecule has 0 unspecified atom stereocenters. The molecule has 0 amide bonds. The summed E-state index contributed by atoms with van der Waals surface area (Å²) in [5.41, 5.74) is 4.66. The van der Waals surface area contributed by atoms with Crippen LogP contribution in [-0.2, 0) is 4.43 Å². The summed E-state index contributed by atoms with van der Waals surface area (Å²) < 4.78 is 6.39. The molecule has 0 saturated heterocycles. The van der Waals surface area contributed by atoms with E-state index in [-0.39, 0.29) is 0 Å². The summed E-state index contributed by atoms with van der Waals surface area (Å²) in [7, 11) is 0. The van der Waals surface area contributed by atoms with Crippen molar-refractivity contribution in [2.24, 2.45) is 0 Å². The molecular formula is C14H16INO. The van der Waals surface area contributed by atoms with Gasteiger partial charge in [-0.05, 0) is 30.0 Å². The van der Waals surface area contributed by atoms with Crippen LogP contribution in [-0.4, -0.2) is 4.98 Å². The fourth-order valence-electron chi connectivity index (χ4n) is 1.78. The van der Waals surface area contributed by atoms with Crippen LogP contribution < -0.4 is 0 Å². The van der Waals surface area contributed by atoms with Crippen LogP contribution in [0.4, 0.5) is 0 Å². The normalized spacial score (nSPS) is 11.1. The van der Waals surface area contributed by atoms with Crippen molar-refractivity contribution < 1.29 is 4.42 Å². The van der Waals surface area contributed by atoms with Gasteiger partial charge in [0.2, 0.25) is 5.89 Å². The molecule has 0 atom stereocenters. The van der Waals surface area contributed by atoms with Gasteiger partial charge in [-0.2, -0.15) is 0 Å². The van der Waals surface area contributed by atoms with Crippen molar-refractivity contribution in [2.75, 3.05) is 0 Å². The average Bonchev–Trinajstić information content (AvgIpc) is 2.77. The van der Waals surface area contributed by atoms with Gasteiger partial charge in [-0.25, -0.2) is 4.98 Å². The van der Waals surface area contributed by atoms with Crippen molar-refractivity contribution in [3.05, 3.63) is 41.3 Å². The molecule has 2 aromatic rings. The van der Waals surface area contributed by atoms with Gasteiger partial charge in [-0.3, -0.25) is 0 Å². The van der Waals surface area contributed by atoms with Gasteiger partial charge >= 0.3 is 0 Å². The zero-order chi connectivity index (χ0) is 12.4. The highest BCUT2D eigenvalue weighted by atomic mass is 127. The largest absolute Gasteiger partial charge is 0.444 e. The lowest BCUT2D eigenvalue weighted by molar-refractivity contribution is 0.573. The number of rotatable bonds is 3. The van der Waals surface area contributed by atoms with Gasteiger partial charge in [0.25, 0.3) is 0 Å². The Morgan fingerprint density at radius 1 is 1.35 bits per heavy atom. The Morgan fingerprint density at radius 2 is 2.12 bits per heavy atom. The average molecular weight is 341 g/mol. The number of alkyl halides is 1. The van der Waals surface area contributed by atoms with E-state index in [4.69, 9.17) is 4.42 Å².